The van der Waals surface area contributed by atoms with Gasteiger partial charge < -0.3 is 14.9 Å². The van der Waals surface area contributed by atoms with Crippen LogP contribution >= 0.6 is 0 Å². The summed E-state index contributed by atoms with van der Waals surface area (Å²) in [5.74, 6) is 0. The molecule has 1 aromatic rings. The highest BCUT2D eigenvalue weighted by atomic mass is 16.5. The SMILES string of the molecule is C=C[C@H](OCc1ccccc1)[C@H](O)CO. The third-order valence-electron chi connectivity index (χ3n) is 2.08. The molecule has 0 aliphatic carbocycles. The fourth-order valence-corrected chi connectivity index (χ4v) is 1.21. The lowest BCUT2D eigenvalue weighted by Gasteiger charge is -2.18. The van der Waals surface area contributed by atoms with E-state index in [-0.39, 0.29) is 6.61 Å². The number of rotatable bonds is 6. The van der Waals surface area contributed by atoms with Gasteiger partial charge in [0.2, 0.25) is 0 Å². The van der Waals surface area contributed by atoms with Gasteiger partial charge in [-0.1, -0.05) is 36.4 Å². The number of aliphatic hydroxyl groups is 2. The molecule has 1 rings (SSSR count). The average molecular weight is 208 g/mol. The number of ether oxygens (including phenoxy) is 1. The lowest BCUT2D eigenvalue weighted by Crippen LogP contribution is -2.30. The highest BCUT2D eigenvalue weighted by molar-refractivity contribution is 5.13. The van der Waals surface area contributed by atoms with Crippen molar-refractivity contribution in [2.75, 3.05) is 6.61 Å². The molecule has 0 saturated carbocycles. The molecule has 0 bridgehead atoms. The summed E-state index contributed by atoms with van der Waals surface area (Å²) in [5, 5.41) is 18.1. The first-order valence-electron chi connectivity index (χ1n) is 4.85. The van der Waals surface area contributed by atoms with Gasteiger partial charge in [-0.05, 0) is 5.56 Å². The Morgan fingerprint density at radius 2 is 2.00 bits per heavy atom. The molecule has 0 unspecified atom stereocenters. The zero-order valence-corrected chi connectivity index (χ0v) is 8.54. The van der Waals surface area contributed by atoms with Crippen LogP contribution in [0, 0.1) is 0 Å². The highest BCUT2D eigenvalue weighted by Crippen LogP contribution is 2.06. The van der Waals surface area contributed by atoms with Crippen LogP contribution in [0.4, 0.5) is 0 Å². The topological polar surface area (TPSA) is 49.7 Å². The van der Waals surface area contributed by atoms with Crippen molar-refractivity contribution in [1.82, 2.24) is 0 Å². The minimum absolute atomic E-state index is 0.328. The standard InChI is InChI=1S/C12H16O3/c1-2-12(11(14)8-13)15-9-10-6-4-3-5-7-10/h2-7,11-14H,1,8-9H2/t11-,12+/m1/s1. The Kier molecular flexibility index (Phi) is 5.04. The molecule has 0 heterocycles. The van der Waals surface area contributed by atoms with Crippen LogP contribution in [0.1, 0.15) is 5.56 Å². The molecule has 3 heteroatoms. The first-order valence-corrected chi connectivity index (χ1v) is 4.85. The molecule has 0 saturated heterocycles. The zero-order valence-electron chi connectivity index (χ0n) is 8.54. The van der Waals surface area contributed by atoms with E-state index in [1.165, 1.54) is 6.08 Å². The Hall–Kier alpha value is -1.16. The van der Waals surface area contributed by atoms with Crippen LogP contribution < -0.4 is 0 Å². The summed E-state index contributed by atoms with van der Waals surface area (Å²) < 4.78 is 5.40. The Morgan fingerprint density at radius 3 is 2.53 bits per heavy atom. The van der Waals surface area contributed by atoms with Crippen LogP contribution in [0.25, 0.3) is 0 Å². The predicted molar refractivity (Wildman–Crippen MR) is 58.3 cm³/mol. The summed E-state index contributed by atoms with van der Waals surface area (Å²) in [7, 11) is 0. The lowest BCUT2D eigenvalue weighted by atomic mass is 10.2. The molecular weight excluding hydrogens is 192 g/mol. The van der Waals surface area contributed by atoms with Crippen molar-refractivity contribution in [1.29, 1.82) is 0 Å². The summed E-state index contributed by atoms with van der Waals surface area (Å²) >= 11 is 0. The van der Waals surface area contributed by atoms with Gasteiger partial charge in [0, 0.05) is 0 Å². The Bertz CT molecular complexity index is 284. The fraction of sp³-hybridized carbons (Fsp3) is 0.333. The van der Waals surface area contributed by atoms with Crippen LogP contribution in [-0.4, -0.2) is 29.0 Å². The third kappa shape index (κ3) is 3.83. The quantitative estimate of drug-likeness (QED) is 0.688. The molecule has 0 spiro atoms. The van der Waals surface area contributed by atoms with Crippen molar-refractivity contribution in [2.24, 2.45) is 0 Å². The van der Waals surface area contributed by atoms with E-state index in [0.29, 0.717) is 6.61 Å². The van der Waals surface area contributed by atoms with E-state index in [4.69, 9.17) is 9.84 Å². The predicted octanol–water partition coefficient (Wildman–Crippen LogP) is 1.11. The molecule has 1 aromatic carbocycles. The number of hydrogen-bond donors (Lipinski definition) is 2. The van der Waals surface area contributed by atoms with E-state index in [9.17, 15) is 5.11 Å². The van der Waals surface area contributed by atoms with Crippen molar-refractivity contribution in [3.8, 4) is 0 Å². The smallest absolute Gasteiger partial charge is 0.107 e. The first kappa shape index (κ1) is 11.9. The van der Waals surface area contributed by atoms with Gasteiger partial charge in [-0.2, -0.15) is 0 Å². The normalized spacial score (nSPS) is 14.5. The van der Waals surface area contributed by atoms with Gasteiger partial charge in [-0.25, -0.2) is 0 Å². The third-order valence-corrected chi connectivity index (χ3v) is 2.08. The molecule has 15 heavy (non-hydrogen) atoms. The second-order valence-electron chi connectivity index (χ2n) is 3.25. The van der Waals surface area contributed by atoms with E-state index < -0.39 is 12.2 Å². The molecule has 0 fully saturated rings. The van der Waals surface area contributed by atoms with Gasteiger partial charge in [0.25, 0.3) is 0 Å². The van der Waals surface area contributed by atoms with E-state index in [2.05, 4.69) is 6.58 Å². The van der Waals surface area contributed by atoms with Gasteiger partial charge >= 0.3 is 0 Å². The van der Waals surface area contributed by atoms with Gasteiger partial charge in [0.05, 0.1) is 13.2 Å². The minimum atomic E-state index is -0.911. The molecule has 0 aromatic heterocycles. The van der Waals surface area contributed by atoms with Crippen LogP contribution in [0.5, 0.6) is 0 Å². The molecule has 2 N–H and O–H groups in total. The zero-order chi connectivity index (χ0) is 11.1. The van der Waals surface area contributed by atoms with Crippen molar-refractivity contribution in [3.05, 3.63) is 48.6 Å². The van der Waals surface area contributed by atoms with Crippen molar-refractivity contribution < 1.29 is 14.9 Å². The maximum atomic E-state index is 9.35. The summed E-state index contributed by atoms with van der Waals surface area (Å²) in [5.41, 5.74) is 1.02. The largest absolute Gasteiger partial charge is 0.394 e. The lowest BCUT2D eigenvalue weighted by molar-refractivity contribution is -0.0404. The second kappa shape index (κ2) is 6.35. The average Bonchev–Trinajstić information content (AvgIpc) is 2.31. The molecule has 0 aliphatic heterocycles. The summed E-state index contributed by atoms with van der Waals surface area (Å²) in [4.78, 5) is 0. The van der Waals surface area contributed by atoms with E-state index >= 15 is 0 Å². The van der Waals surface area contributed by atoms with Crippen molar-refractivity contribution >= 4 is 0 Å². The van der Waals surface area contributed by atoms with Crippen LogP contribution in [-0.2, 0) is 11.3 Å². The van der Waals surface area contributed by atoms with Gasteiger partial charge in [-0.15, -0.1) is 6.58 Å². The molecular formula is C12H16O3. The second-order valence-corrected chi connectivity index (χ2v) is 3.25. The monoisotopic (exact) mass is 208 g/mol. The molecule has 3 nitrogen and oxygen atoms in total. The molecule has 2 atom stereocenters. The minimum Gasteiger partial charge on any atom is -0.394 e. The van der Waals surface area contributed by atoms with Crippen LogP contribution in [0.3, 0.4) is 0 Å². The summed E-state index contributed by atoms with van der Waals surface area (Å²) in [6, 6.07) is 9.64. The number of hydrogen-bond acceptors (Lipinski definition) is 3. The molecule has 0 radical (unpaired) electrons. The van der Waals surface area contributed by atoms with E-state index in [0.717, 1.165) is 5.56 Å². The Balaban J connectivity index is 2.44. The van der Waals surface area contributed by atoms with E-state index in [1.54, 1.807) is 0 Å². The number of benzene rings is 1. The molecule has 82 valence electrons. The van der Waals surface area contributed by atoms with Gasteiger partial charge in [0.15, 0.2) is 0 Å². The maximum Gasteiger partial charge on any atom is 0.107 e. The van der Waals surface area contributed by atoms with Crippen LogP contribution in [0.2, 0.25) is 0 Å². The fourth-order valence-electron chi connectivity index (χ4n) is 1.21. The summed E-state index contributed by atoms with van der Waals surface area (Å²) in [6.45, 7) is 3.62. The van der Waals surface area contributed by atoms with Crippen molar-refractivity contribution in [2.45, 2.75) is 18.8 Å². The van der Waals surface area contributed by atoms with E-state index in [1.807, 2.05) is 30.3 Å². The molecule has 0 amide bonds. The first-order chi connectivity index (χ1) is 7.27. The molecule has 0 aliphatic rings. The van der Waals surface area contributed by atoms with Crippen LogP contribution in [0.15, 0.2) is 43.0 Å². The van der Waals surface area contributed by atoms with Gasteiger partial charge in [0.1, 0.15) is 12.2 Å². The number of aliphatic hydroxyl groups excluding tert-OH is 2. The highest BCUT2D eigenvalue weighted by Gasteiger charge is 2.14. The Labute approximate surface area is 89.6 Å². The summed E-state index contributed by atoms with van der Waals surface area (Å²) in [6.07, 6.45) is 0.0468. The van der Waals surface area contributed by atoms with Gasteiger partial charge in [-0.3, -0.25) is 0 Å². The maximum absolute atomic E-state index is 9.35. The Morgan fingerprint density at radius 1 is 1.33 bits per heavy atom. The van der Waals surface area contributed by atoms with Crippen molar-refractivity contribution in [3.63, 3.8) is 0 Å².